The minimum Gasteiger partial charge on any atom is -0.496 e. The molecule has 9 heteroatoms. The van der Waals surface area contributed by atoms with E-state index in [1.807, 2.05) is 52.1 Å². The average molecular weight is 419 g/mol. The van der Waals surface area contributed by atoms with Gasteiger partial charge in [0.2, 0.25) is 5.95 Å². The Morgan fingerprint density at radius 1 is 1.16 bits per heavy atom. The summed E-state index contributed by atoms with van der Waals surface area (Å²) in [5, 5.41) is 18.7. The van der Waals surface area contributed by atoms with Gasteiger partial charge >= 0.3 is 0 Å². The number of amides is 1. The molecule has 4 rings (SSSR count). The first-order chi connectivity index (χ1) is 14.7. The lowest BCUT2D eigenvalue weighted by Crippen LogP contribution is -2.40. The molecular formula is C22H25N7O2. The van der Waals surface area contributed by atoms with Crippen LogP contribution in [0.3, 0.4) is 0 Å². The minimum atomic E-state index is -0.344. The maximum atomic E-state index is 12.6. The van der Waals surface area contributed by atoms with Gasteiger partial charge < -0.3 is 15.4 Å². The molecule has 0 fully saturated rings. The summed E-state index contributed by atoms with van der Waals surface area (Å²) in [5.41, 5.74) is 2.71. The number of benzene rings is 2. The lowest BCUT2D eigenvalue weighted by atomic mass is 10.1. The molecule has 0 aliphatic carbocycles. The molecule has 0 saturated heterocycles. The Bertz CT molecular complexity index is 1250. The Balaban J connectivity index is 1.60. The second kappa shape index (κ2) is 7.75. The van der Waals surface area contributed by atoms with Gasteiger partial charge in [-0.3, -0.25) is 9.89 Å². The van der Waals surface area contributed by atoms with Crippen LogP contribution < -0.4 is 15.4 Å². The van der Waals surface area contributed by atoms with E-state index in [4.69, 9.17) is 4.74 Å². The molecule has 0 unspecified atom stereocenters. The van der Waals surface area contributed by atoms with Crippen LogP contribution in [0.5, 0.6) is 5.75 Å². The Morgan fingerprint density at radius 2 is 1.97 bits per heavy atom. The number of rotatable bonds is 5. The number of fused-ring (bicyclic) bond motifs is 1. The number of aryl methyl sites for hydroxylation is 1. The predicted octanol–water partition coefficient (Wildman–Crippen LogP) is 3.64. The summed E-state index contributed by atoms with van der Waals surface area (Å²) < 4.78 is 7.13. The van der Waals surface area contributed by atoms with E-state index in [1.165, 1.54) is 7.11 Å². The van der Waals surface area contributed by atoms with Gasteiger partial charge in [0.15, 0.2) is 5.82 Å². The zero-order valence-electron chi connectivity index (χ0n) is 18.1. The van der Waals surface area contributed by atoms with Gasteiger partial charge in [0, 0.05) is 29.2 Å². The minimum absolute atomic E-state index is 0.193. The Hall–Kier alpha value is -3.88. The van der Waals surface area contributed by atoms with Crippen LogP contribution in [0, 0.1) is 0 Å². The third-order valence-electron chi connectivity index (χ3n) is 4.65. The molecule has 0 aliphatic heterocycles. The van der Waals surface area contributed by atoms with Crippen LogP contribution in [0.25, 0.3) is 22.3 Å². The molecule has 2 heterocycles. The van der Waals surface area contributed by atoms with Gasteiger partial charge in [0.05, 0.1) is 24.4 Å². The van der Waals surface area contributed by atoms with E-state index in [9.17, 15) is 4.79 Å². The smallest absolute Gasteiger partial charge is 0.255 e. The number of aromatic nitrogens is 5. The third kappa shape index (κ3) is 4.35. The highest BCUT2D eigenvalue weighted by Gasteiger charge is 2.20. The van der Waals surface area contributed by atoms with Crippen molar-refractivity contribution >= 4 is 28.4 Å². The molecule has 0 aliphatic rings. The van der Waals surface area contributed by atoms with Crippen LogP contribution in [0.15, 0.2) is 42.6 Å². The first-order valence-electron chi connectivity index (χ1n) is 9.85. The van der Waals surface area contributed by atoms with Crippen LogP contribution >= 0.6 is 0 Å². The number of ether oxygens (including phenoxy) is 1. The maximum Gasteiger partial charge on any atom is 0.255 e. The summed E-state index contributed by atoms with van der Waals surface area (Å²) >= 11 is 0. The van der Waals surface area contributed by atoms with Gasteiger partial charge in [0.1, 0.15) is 5.75 Å². The molecule has 0 saturated carbocycles. The Labute approximate surface area is 179 Å². The zero-order valence-corrected chi connectivity index (χ0v) is 18.1. The summed E-state index contributed by atoms with van der Waals surface area (Å²) in [6.45, 7) is 5.80. The number of aromatic amines is 1. The van der Waals surface area contributed by atoms with Crippen molar-refractivity contribution in [2.45, 2.75) is 26.3 Å². The molecule has 4 aromatic rings. The van der Waals surface area contributed by atoms with Crippen LogP contribution in [0.1, 0.15) is 31.1 Å². The first-order valence-corrected chi connectivity index (χ1v) is 9.85. The topological polar surface area (TPSA) is 110 Å². The molecule has 31 heavy (non-hydrogen) atoms. The van der Waals surface area contributed by atoms with E-state index in [2.05, 4.69) is 30.9 Å². The number of nitrogens with one attached hydrogen (secondary N) is 3. The standard InChI is InChI=1S/C22H25N7O2/c1-22(2,3)26-20(30)16-8-6-13(11-18(16)31-5)19-25-21(29(4)28-19)24-15-7-9-17-14(10-15)12-23-27-17/h6-12H,1-5H3,(H,23,27)(H,26,30)(H,24,25,28). The van der Waals surface area contributed by atoms with Gasteiger partial charge in [-0.25, -0.2) is 4.68 Å². The highest BCUT2D eigenvalue weighted by molar-refractivity contribution is 5.98. The summed E-state index contributed by atoms with van der Waals surface area (Å²) in [5.74, 6) is 1.38. The van der Waals surface area contributed by atoms with Crippen molar-refractivity contribution in [2.75, 3.05) is 12.4 Å². The van der Waals surface area contributed by atoms with Crippen LogP contribution in [0.2, 0.25) is 0 Å². The average Bonchev–Trinajstić information content (AvgIpc) is 3.32. The van der Waals surface area contributed by atoms with Crippen LogP contribution in [-0.2, 0) is 7.05 Å². The summed E-state index contributed by atoms with van der Waals surface area (Å²) in [6.07, 6.45) is 1.77. The molecule has 160 valence electrons. The Morgan fingerprint density at radius 3 is 2.71 bits per heavy atom. The van der Waals surface area contributed by atoms with E-state index in [0.29, 0.717) is 23.1 Å². The lowest BCUT2D eigenvalue weighted by Gasteiger charge is -2.21. The predicted molar refractivity (Wildman–Crippen MR) is 120 cm³/mol. The third-order valence-corrected chi connectivity index (χ3v) is 4.65. The van der Waals surface area contributed by atoms with Gasteiger partial charge in [-0.2, -0.15) is 10.1 Å². The molecule has 3 N–H and O–H groups in total. The molecule has 0 atom stereocenters. The van der Waals surface area contributed by atoms with Gasteiger partial charge in [-0.05, 0) is 51.1 Å². The number of carbonyl (C=O) groups excluding carboxylic acids is 1. The molecule has 2 aromatic carbocycles. The Kier molecular flexibility index (Phi) is 5.10. The molecule has 0 radical (unpaired) electrons. The molecule has 1 amide bonds. The van der Waals surface area contributed by atoms with Crippen LogP contribution in [-0.4, -0.2) is 43.5 Å². The molecule has 0 spiro atoms. The normalized spacial score (nSPS) is 11.5. The van der Waals surface area contributed by atoms with Crippen LogP contribution in [0.4, 0.5) is 11.6 Å². The van der Waals surface area contributed by atoms with E-state index in [1.54, 1.807) is 23.0 Å². The fourth-order valence-electron chi connectivity index (χ4n) is 3.19. The summed E-state index contributed by atoms with van der Waals surface area (Å²) in [6, 6.07) is 11.2. The second-order valence-corrected chi connectivity index (χ2v) is 8.30. The molecular weight excluding hydrogens is 394 g/mol. The summed E-state index contributed by atoms with van der Waals surface area (Å²) in [4.78, 5) is 17.2. The number of anilines is 2. The quantitative estimate of drug-likeness (QED) is 0.456. The SMILES string of the molecule is COc1cc(-c2nc(Nc3ccc4[nH]ncc4c3)n(C)n2)ccc1C(=O)NC(C)(C)C. The maximum absolute atomic E-state index is 12.6. The van der Waals surface area contributed by atoms with Crippen molar-refractivity contribution in [3.63, 3.8) is 0 Å². The second-order valence-electron chi connectivity index (χ2n) is 8.30. The number of hydrogen-bond acceptors (Lipinski definition) is 6. The van der Waals surface area contributed by atoms with E-state index in [-0.39, 0.29) is 11.4 Å². The van der Waals surface area contributed by atoms with E-state index < -0.39 is 0 Å². The fraction of sp³-hybridized carbons (Fsp3) is 0.273. The highest BCUT2D eigenvalue weighted by Crippen LogP contribution is 2.28. The largest absolute Gasteiger partial charge is 0.496 e. The fourth-order valence-corrected chi connectivity index (χ4v) is 3.19. The van der Waals surface area contributed by atoms with Crippen molar-refractivity contribution in [1.29, 1.82) is 0 Å². The number of carbonyl (C=O) groups is 1. The first kappa shape index (κ1) is 20.4. The van der Waals surface area contributed by atoms with Crippen molar-refractivity contribution in [1.82, 2.24) is 30.3 Å². The zero-order chi connectivity index (χ0) is 22.2. The number of H-pyrrole nitrogens is 1. The molecule has 2 aromatic heterocycles. The van der Waals surface area contributed by atoms with Gasteiger partial charge in [0.25, 0.3) is 5.91 Å². The van der Waals surface area contributed by atoms with Gasteiger partial charge in [-0.15, -0.1) is 5.10 Å². The van der Waals surface area contributed by atoms with Crippen molar-refractivity contribution in [3.8, 4) is 17.1 Å². The van der Waals surface area contributed by atoms with E-state index in [0.717, 1.165) is 22.2 Å². The van der Waals surface area contributed by atoms with E-state index >= 15 is 0 Å². The number of hydrogen-bond donors (Lipinski definition) is 3. The number of methoxy groups -OCH3 is 1. The van der Waals surface area contributed by atoms with Crippen molar-refractivity contribution < 1.29 is 9.53 Å². The van der Waals surface area contributed by atoms with Gasteiger partial charge in [-0.1, -0.05) is 6.07 Å². The van der Waals surface area contributed by atoms with Crippen molar-refractivity contribution in [2.24, 2.45) is 7.05 Å². The molecule has 9 nitrogen and oxygen atoms in total. The molecule has 0 bridgehead atoms. The van der Waals surface area contributed by atoms with Crippen molar-refractivity contribution in [3.05, 3.63) is 48.2 Å². The lowest BCUT2D eigenvalue weighted by molar-refractivity contribution is 0.0916. The highest BCUT2D eigenvalue weighted by atomic mass is 16.5. The summed E-state index contributed by atoms with van der Waals surface area (Å²) in [7, 11) is 3.36. The number of nitrogens with zero attached hydrogens (tertiary/aromatic N) is 4. The monoisotopic (exact) mass is 419 g/mol.